The van der Waals surface area contributed by atoms with Crippen molar-refractivity contribution in [3.8, 4) is 6.07 Å². The van der Waals surface area contributed by atoms with E-state index in [4.69, 9.17) is 5.26 Å². The second kappa shape index (κ2) is 5.43. The highest BCUT2D eigenvalue weighted by molar-refractivity contribution is 6.03. The van der Waals surface area contributed by atoms with Crippen LogP contribution in [0.5, 0.6) is 0 Å². The number of hydrogen-bond acceptors (Lipinski definition) is 4. The van der Waals surface area contributed by atoms with Gasteiger partial charge in [-0.2, -0.15) is 5.26 Å². The number of benzene rings is 1. The third-order valence-electron chi connectivity index (χ3n) is 3.69. The number of nitrogens with zero attached hydrogens (tertiary/aromatic N) is 2. The predicted molar refractivity (Wildman–Crippen MR) is 73.3 cm³/mol. The number of amides is 2. The molecule has 0 saturated carbocycles. The molecule has 1 heterocycles. The van der Waals surface area contributed by atoms with Gasteiger partial charge in [0.25, 0.3) is 0 Å². The lowest BCUT2D eigenvalue weighted by molar-refractivity contribution is -0.147. The first-order valence-electron chi connectivity index (χ1n) is 6.49. The molecule has 20 heavy (non-hydrogen) atoms. The van der Waals surface area contributed by atoms with Gasteiger partial charge >= 0.3 is 0 Å². The lowest BCUT2D eigenvalue weighted by Crippen LogP contribution is -2.64. The number of piperazine rings is 1. The van der Waals surface area contributed by atoms with E-state index in [-0.39, 0.29) is 30.8 Å². The summed E-state index contributed by atoms with van der Waals surface area (Å²) < 4.78 is 0. The van der Waals surface area contributed by atoms with Crippen molar-refractivity contribution in [3.63, 3.8) is 0 Å². The SMILES string of the molecule is CC1(C)C(=O)NC(=O)CN1C(CC#N)c1ccccc1. The second-order valence-corrected chi connectivity index (χ2v) is 5.35. The highest BCUT2D eigenvalue weighted by Gasteiger charge is 2.44. The number of imide groups is 1. The summed E-state index contributed by atoms with van der Waals surface area (Å²) in [5, 5.41) is 11.4. The zero-order valence-corrected chi connectivity index (χ0v) is 11.6. The highest BCUT2D eigenvalue weighted by Crippen LogP contribution is 2.32. The highest BCUT2D eigenvalue weighted by atomic mass is 16.2. The van der Waals surface area contributed by atoms with Crippen molar-refractivity contribution in [2.24, 2.45) is 0 Å². The van der Waals surface area contributed by atoms with E-state index in [9.17, 15) is 9.59 Å². The van der Waals surface area contributed by atoms with Crippen molar-refractivity contribution >= 4 is 11.8 Å². The molecule has 5 heteroatoms. The molecular weight excluding hydrogens is 254 g/mol. The number of carbonyl (C=O) groups is 2. The Morgan fingerprint density at radius 3 is 2.60 bits per heavy atom. The molecule has 0 spiro atoms. The summed E-state index contributed by atoms with van der Waals surface area (Å²) in [7, 11) is 0. The van der Waals surface area contributed by atoms with Crippen LogP contribution < -0.4 is 5.32 Å². The van der Waals surface area contributed by atoms with Crippen LogP contribution in [0.4, 0.5) is 0 Å². The summed E-state index contributed by atoms with van der Waals surface area (Å²) in [6.07, 6.45) is 0.230. The van der Waals surface area contributed by atoms with Crippen LogP contribution in [0.25, 0.3) is 0 Å². The molecule has 0 aromatic heterocycles. The number of nitrogens with one attached hydrogen (secondary N) is 1. The minimum Gasteiger partial charge on any atom is -0.294 e. The average Bonchev–Trinajstić information content (AvgIpc) is 2.42. The van der Waals surface area contributed by atoms with Gasteiger partial charge in [0.1, 0.15) is 0 Å². The first kappa shape index (κ1) is 14.2. The molecule has 2 rings (SSSR count). The molecule has 0 bridgehead atoms. The van der Waals surface area contributed by atoms with Crippen LogP contribution in [0.3, 0.4) is 0 Å². The Morgan fingerprint density at radius 1 is 1.35 bits per heavy atom. The Kier molecular flexibility index (Phi) is 3.86. The van der Waals surface area contributed by atoms with Gasteiger partial charge in [0.2, 0.25) is 11.8 Å². The Morgan fingerprint density at radius 2 is 2.00 bits per heavy atom. The van der Waals surface area contributed by atoms with Crippen LogP contribution in [0.1, 0.15) is 31.9 Å². The van der Waals surface area contributed by atoms with Crippen molar-refractivity contribution in [2.75, 3.05) is 6.54 Å². The van der Waals surface area contributed by atoms with Crippen molar-refractivity contribution in [2.45, 2.75) is 31.8 Å². The molecule has 0 aliphatic carbocycles. The largest absolute Gasteiger partial charge is 0.294 e. The first-order chi connectivity index (χ1) is 9.46. The minimum atomic E-state index is -0.828. The Labute approximate surface area is 118 Å². The fourth-order valence-corrected chi connectivity index (χ4v) is 2.47. The number of rotatable bonds is 3. The third-order valence-corrected chi connectivity index (χ3v) is 3.69. The van der Waals surface area contributed by atoms with E-state index in [1.54, 1.807) is 18.7 Å². The Bertz CT molecular complexity index is 560. The summed E-state index contributed by atoms with van der Waals surface area (Å²) in [6.45, 7) is 3.64. The van der Waals surface area contributed by atoms with Crippen LogP contribution >= 0.6 is 0 Å². The maximum Gasteiger partial charge on any atom is 0.246 e. The van der Waals surface area contributed by atoms with Gasteiger partial charge in [-0.05, 0) is 19.4 Å². The van der Waals surface area contributed by atoms with Gasteiger partial charge < -0.3 is 0 Å². The molecule has 1 saturated heterocycles. The zero-order chi connectivity index (χ0) is 14.8. The second-order valence-electron chi connectivity index (χ2n) is 5.35. The molecule has 1 aromatic rings. The van der Waals surface area contributed by atoms with Gasteiger partial charge in [-0.1, -0.05) is 30.3 Å². The molecule has 5 nitrogen and oxygen atoms in total. The van der Waals surface area contributed by atoms with Crippen LogP contribution in [-0.4, -0.2) is 28.8 Å². The average molecular weight is 271 g/mol. The normalized spacial score (nSPS) is 20.1. The minimum absolute atomic E-state index is 0.111. The zero-order valence-electron chi connectivity index (χ0n) is 11.6. The maximum absolute atomic E-state index is 12.0. The molecule has 0 radical (unpaired) electrons. The van der Waals surface area contributed by atoms with Gasteiger partial charge in [-0.25, -0.2) is 0 Å². The van der Waals surface area contributed by atoms with Gasteiger partial charge in [-0.3, -0.25) is 19.8 Å². The van der Waals surface area contributed by atoms with Crippen LogP contribution in [0.2, 0.25) is 0 Å². The van der Waals surface area contributed by atoms with Crippen molar-refractivity contribution in [1.29, 1.82) is 5.26 Å². The summed E-state index contributed by atoms with van der Waals surface area (Å²) in [5.74, 6) is -0.652. The van der Waals surface area contributed by atoms with E-state index >= 15 is 0 Å². The third kappa shape index (κ3) is 2.56. The summed E-state index contributed by atoms with van der Waals surface area (Å²) in [4.78, 5) is 25.5. The van der Waals surface area contributed by atoms with Crippen LogP contribution in [-0.2, 0) is 9.59 Å². The number of nitriles is 1. The van der Waals surface area contributed by atoms with Crippen LogP contribution in [0.15, 0.2) is 30.3 Å². The van der Waals surface area contributed by atoms with Crippen molar-refractivity contribution in [1.82, 2.24) is 10.2 Å². The number of carbonyl (C=O) groups excluding carboxylic acids is 2. The molecule has 104 valence electrons. The first-order valence-corrected chi connectivity index (χ1v) is 6.49. The predicted octanol–water partition coefficient (Wildman–Crippen LogP) is 1.38. The molecule has 1 N–H and O–H groups in total. The van der Waals surface area contributed by atoms with Gasteiger partial charge in [0, 0.05) is 6.04 Å². The molecule has 1 fully saturated rings. The maximum atomic E-state index is 12.0. The van der Waals surface area contributed by atoms with E-state index in [0.29, 0.717) is 0 Å². The van der Waals surface area contributed by atoms with E-state index in [0.717, 1.165) is 5.56 Å². The van der Waals surface area contributed by atoms with Crippen LogP contribution in [0, 0.1) is 11.3 Å². The molecule has 2 amide bonds. The van der Waals surface area contributed by atoms with Gasteiger partial charge in [0.05, 0.1) is 24.6 Å². The van der Waals surface area contributed by atoms with E-state index in [1.807, 2.05) is 30.3 Å². The molecule has 1 unspecified atom stereocenters. The lowest BCUT2D eigenvalue weighted by Gasteiger charge is -2.44. The standard InChI is InChI=1S/C15H17N3O2/c1-15(2)14(20)17-13(19)10-18(15)12(8-9-16)11-6-4-3-5-7-11/h3-7,12H,8,10H2,1-2H3,(H,17,19,20). The topological polar surface area (TPSA) is 73.2 Å². The summed E-state index contributed by atoms with van der Waals surface area (Å²) in [5.41, 5.74) is 0.107. The summed E-state index contributed by atoms with van der Waals surface area (Å²) >= 11 is 0. The van der Waals surface area contributed by atoms with Gasteiger partial charge in [0.15, 0.2) is 0 Å². The fourth-order valence-electron chi connectivity index (χ4n) is 2.47. The summed E-state index contributed by atoms with van der Waals surface area (Å²) in [6, 6.07) is 11.4. The van der Waals surface area contributed by atoms with E-state index in [2.05, 4.69) is 11.4 Å². The fraction of sp³-hybridized carbons (Fsp3) is 0.400. The monoisotopic (exact) mass is 271 g/mol. The van der Waals surface area contributed by atoms with E-state index in [1.165, 1.54) is 0 Å². The molecule has 1 aliphatic heterocycles. The quantitative estimate of drug-likeness (QED) is 0.843. The van der Waals surface area contributed by atoms with Crippen molar-refractivity contribution in [3.05, 3.63) is 35.9 Å². The smallest absolute Gasteiger partial charge is 0.246 e. The Hall–Kier alpha value is -2.19. The lowest BCUT2D eigenvalue weighted by atomic mass is 9.92. The van der Waals surface area contributed by atoms with E-state index < -0.39 is 5.54 Å². The molecule has 1 aromatic carbocycles. The molecule has 1 aliphatic rings. The molecular formula is C15H17N3O2. The molecule has 1 atom stereocenters. The van der Waals surface area contributed by atoms with Gasteiger partial charge in [-0.15, -0.1) is 0 Å². The van der Waals surface area contributed by atoms with Crippen molar-refractivity contribution < 1.29 is 9.59 Å². The number of hydrogen-bond donors (Lipinski definition) is 1. The Balaban J connectivity index is 2.40.